The quantitative estimate of drug-likeness (QED) is 0.729. The third-order valence-corrected chi connectivity index (χ3v) is 6.08. The molecule has 1 atom stereocenters. The van der Waals surface area contributed by atoms with Crippen LogP contribution in [0.15, 0.2) is 27.2 Å². The highest BCUT2D eigenvalue weighted by Gasteiger charge is 2.32. The molecule has 0 spiro atoms. The van der Waals surface area contributed by atoms with Crippen molar-refractivity contribution in [3.8, 4) is 17.7 Å². The van der Waals surface area contributed by atoms with Crippen molar-refractivity contribution < 1.29 is 13.6 Å². The third-order valence-electron chi connectivity index (χ3n) is 6.08. The summed E-state index contributed by atoms with van der Waals surface area (Å²) in [5.74, 6) is 1.48. The van der Waals surface area contributed by atoms with Crippen LogP contribution in [-0.2, 0) is 4.79 Å². The first-order chi connectivity index (χ1) is 14.6. The van der Waals surface area contributed by atoms with Crippen LogP contribution in [-0.4, -0.2) is 90.5 Å². The Kier molecular flexibility index (Phi) is 6.06. The number of hydrogen-bond acceptors (Lipinski definition) is 8. The molecule has 0 N–H and O–H groups in total. The van der Waals surface area contributed by atoms with Crippen LogP contribution in [0.3, 0.4) is 0 Å². The van der Waals surface area contributed by atoms with Crippen molar-refractivity contribution >= 4 is 11.8 Å². The van der Waals surface area contributed by atoms with Crippen LogP contribution in [0.4, 0.5) is 5.88 Å². The highest BCUT2D eigenvalue weighted by atomic mass is 16.4. The van der Waals surface area contributed by atoms with Gasteiger partial charge in [-0.15, -0.1) is 0 Å². The van der Waals surface area contributed by atoms with Crippen molar-refractivity contribution in [1.29, 1.82) is 5.26 Å². The molecule has 1 amide bonds. The van der Waals surface area contributed by atoms with Gasteiger partial charge in [-0.2, -0.15) is 10.2 Å². The number of oxazole rings is 1. The summed E-state index contributed by atoms with van der Waals surface area (Å²) in [5.41, 5.74) is 0.257. The molecule has 4 heterocycles. The third kappa shape index (κ3) is 4.06. The van der Waals surface area contributed by atoms with E-state index in [1.807, 2.05) is 16.7 Å². The molecule has 4 rings (SSSR count). The van der Waals surface area contributed by atoms with Gasteiger partial charge in [0.15, 0.2) is 5.76 Å². The van der Waals surface area contributed by atoms with Gasteiger partial charge in [-0.1, -0.05) is 6.92 Å². The number of furan rings is 1. The summed E-state index contributed by atoms with van der Waals surface area (Å²) in [4.78, 5) is 25.8. The Hall–Kier alpha value is -2.83. The Bertz CT molecular complexity index is 886. The lowest BCUT2D eigenvalue weighted by molar-refractivity contribution is -0.138. The van der Waals surface area contributed by atoms with Crippen molar-refractivity contribution in [2.75, 3.05) is 63.8 Å². The lowest BCUT2D eigenvalue weighted by Crippen LogP contribution is -2.57. The zero-order chi connectivity index (χ0) is 21.1. The van der Waals surface area contributed by atoms with Gasteiger partial charge in [0.2, 0.25) is 17.5 Å². The number of aromatic nitrogens is 1. The molecule has 0 saturated carbocycles. The molecule has 1 unspecified atom stereocenters. The lowest BCUT2D eigenvalue weighted by Gasteiger charge is -2.40. The minimum Gasteiger partial charge on any atom is -0.459 e. The zero-order valence-electron chi connectivity index (χ0n) is 17.6. The number of rotatable bonds is 5. The predicted molar refractivity (Wildman–Crippen MR) is 111 cm³/mol. The summed E-state index contributed by atoms with van der Waals surface area (Å²) in [7, 11) is 0. The number of nitrogens with zero attached hydrogens (tertiary/aromatic N) is 6. The average Bonchev–Trinajstić information content (AvgIpc) is 3.48. The summed E-state index contributed by atoms with van der Waals surface area (Å²) >= 11 is 0. The molecular weight excluding hydrogens is 384 g/mol. The van der Waals surface area contributed by atoms with E-state index in [1.54, 1.807) is 18.4 Å². The molecular formula is C21H28N6O3. The number of anilines is 1. The molecule has 2 fully saturated rings. The van der Waals surface area contributed by atoms with Crippen molar-refractivity contribution in [2.45, 2.75) is 19.9 Å². The second kappa shape index (κ2) is 8.90. The second-order valence-corrected chi connectivity index (χ2v) is 7.72. The number of amides is 1. The second-order valence-electron chi connectivity index (χ2n) is 7.72. The highest BCUT2D eigenvalue weighted by Crippen LogP contribution is 2.29. The Morgan fingerprint density at radius 3 is 2.53 bits per heavy atom. The summed E-state index contributed by atoms with van der Waals surface area (Å²) in [6.45, 7) is 11.5. The molecule has 9 heteroatoms. The Morgan fingerprint density at radius 2 is 1.93 bits per heavy atom. The molecule has 0 radical (unpaired) electrons. The van der Waals surface area contributed by atoms with Gasteiger partial charge >= 0.3 is 0 Å². The predicted octanol–water partition coefficient (Wildman–Crippen LogP) is 1.48. The largest absolute Gasteiger partial charge is 0.459 e. The van der Waals surface area contributed by atoms with Gasteiger partial charge in [0.1, 0.15) is 6.07 Å². The van der Waals surface area contributed by atoms with Crippen LogP contribution < -0.4 is 4.90 Å². The van der Waals surface area contributed by atoms with Crippen LogP contribution in [0.1, 0.15) is 19.5 Å². The van der Waals surface area contributed by atoms with E-state index in [-0.39, 0.29) is 17.6 Å². The van der Waals surface area contributed by atoms with E-state index in [2.05, 4.69) is 27.8 Å². The summed E-state index contributed by atoms with van der Waals surface area (Å²) in [6.07, 6.45) is 1.55. The number of hydrogen-bond donors (Lipinski definition) is 0. The van der Waals surface area contributed by atoms with E-state index in [0.717, 1.165) is 45.8 Å². The molecule has 30 heavy (non-hydrogen) atoms. The zero-order valence-corrected chi connectivity index (χ0v) is 17.6. The Balaban J connectivity index is 1.36. The number of nitriles is 1. The maximum absolute atomic E-state index is 12.9. The first-order valence-electron chi connectivity index (χ1n) is 10.6. The monoisotopic (exact) mass is 412 g/mol. The Morgan fingerprint density at radius 1 is 1.20 bits per heavy atom. The van der Waals surface area contributed by atoms with Crippen LogP contribution in [0.5, 0.6) is 0 Å². The van der Waals surface area contributed by atoms with Gasteiger partial charge in [-0.25, -0.2) is 0 Å². The molecule has 0 aliphatic carbocycles. The van der Waals surface area contributed by atoms with Crippen molar-refractivity contribution in [3.05, 3.63) is 24.1 Å². The number of carbonyl (C=O) groups excluding carboxylic acids is 1. The number of piperazine rings is 2. The molecule has 2 aliphatic rings. The molecule has 160 valence electrons. The first-order valence-corrected chi connectivity index (χ1v) is 10.6. The maximum Gasteiger partial charge on any atom is 0.266 e. The minimum atomic E-state index is -0.149. The highest BCUT2D eigenvalue weighted by molar-refractivity contribution is 5.81. The minimum absolute atomic E-state index is 0.149. The average molecular weight is 412 g/mol. The van der Waals surface area contributed by atoms with Crippen LogP contribution in [0.25, 0.3) is 11.7 Å². The van der Waals surface area contributed by atoms with Crippen LogP contribution in [0, 0.1) is 11.3 Å². The maximum atomic E-state index is 12.9. The molecule has 0 aromatic carbocycles. The van der Waals surface area contributed by atoms with E-state index in [4.69, 9.17) is 8.83 Å². The Labute approximate surface area is 176 Å². The van der Waals surface area contributed by atoms with E-state index < -0.39 is 0 Å². The van der Waals surface area contributed by atoms with Gasteiger partial charge < -0.3 is 23.5 Å². The van der Waals surface area contributed by atoms with Gasteiger partial charge in [0.25, 0.3) is 5.89 Å². The first kappa shape index (κ1) is 20.4. The fraction of sp³-hybridized carbons (Fsp3) is 0.571. The molecule has 2 saturated heterocycles. The van der Waals surface area contributed by atoms with Crippen molar-refractivity contribution in [3.63, 3.8) is 0 Å². The van der Waals surface area contributed by atoms with E-state index in [0.29, 0.717) is 30.6 Å². The molecule has 2 aliphatic heterocycles. The summed E-state index contributed by atoms with van der Waals surface area (Å²) in [6, 6.07) is 5.47. The smallest absolute Gasteiger partial charge is 0.266 e. The fourth-order valence-corrected chi connectivity index (χ4v) is 4.12. The molecule has 2 aromatic heterocycles. The lowest BCUT2D eigenvalue weighted by atomic mass is 10.2. The van der Waals surface area contributed by atoms with Gasteiger partial charge in [-0.05, 0) is 25.6 Å². The van der Waals surface area contributed by atoms with Crippen LogP contribution >= 0.6 is 0 Å². The number of carbonyl (C=O) groups is 1. The van der Waals surface area contributed by atoms with Crippen molar-refractivity contribution in [2.24, 2.45) is 0 Å². The van der Waals surface area contributed by atoms with E-state index >= 15 is 0 Å². The van der Waals surface area contributed by atoms with Gasteiger partial charge in [-0.3, -0.25) is 9.69 Å². The molecule has 9 nitrogen and oxygen atoms in total. The molecule has 2 aromatic rings. The normalized spacial score (nSPS) is 19.6. The number of likely N-dealkylation sites (N-methyl/N-ethyl adjacent to an activating group) is 1. The molecule has 0 bridgehead atoms. The van der Waals surface area contributed by atoms with Crippen molar-refractivity contribution in [1.82, 2.24) is 19.7 Å². The van der Waals surface area contributed by atoms with E-state index in [1.165, 1.54) is 0 Å². The van der Waals surface area contributed by atoms with Crippen LogP contribution in [0.2, 0.25) is 0 Å². The topological polar surface area (TPSA) is 93.0 Å². The van der Waals surface area contributed by atoms with Gasteiger partial charge in [0.05, 0.1) is 12.3 Å². The fourth-order valence-electron chi connectivity index (χ4n) is 4.12. The standard InChI is InChI=1S/C21H28N6O3/c1-3-24-6-8-26(9-7-24)20(28)16(2)25-10-12-27(13-11-25)21-17(15-22)23-19(30-21)18-5-4-14-29-18/h4-5,14,16H,3,6-13H2,1-2H3. The van der Waals surface area contributed by atoms with Gasteiger partial charge in [0, 0.05) is 52.4 Å². The SMILES string of the molecule is CCN1CCN(C(=O)C(C)N2CCN(c3oc(-c4ccco4)nc3C#N)CC2)CC1. The summed E-state index contributed by atoms with van der Waals surface area (Å²) < 4.78 is 11.2. The summed E-state index contributed by atoms with van der Waals surface area (Å²) in [5, 5.41) is 9.46. The van der Waals surface area contributed by atoms with E-state index in [9.17, 15) is 10.1 Å².